The number of amides is 3. The molecule has 3 atom stereocenters. The van der Waals surface area contributed by atoms with E-state index in [2.05, 4.69) is 15.6 Å². The lowest BCUT2D eigenvalue weighted by molar-refractivity contribution is -0.132. The molecule has 1 unspecified atom stereocenters. The molecule has 6 N–H and O–H groups in total. The maximum Gasteiger partial charge on any atom is 0.404 e. The molecule has 3 amide bonds. The maximum atomic E-state index is 14.6. The summed E-state index contributed by atoms with van der Waals surface area (Å²) < 4.78 is 107. The smallest absolute Gasteiger partial charge is 0.368 e. The summed E-state index contributed by atoms with van der Waals surface area (Å²) in [5, 5.41) is 4.91. The minimum Gasteiger partial charge on any atom is -0.368 e. The highest BCUT2D eigenvalue weighted by Crippen LogP contribution is 2.24. The third kappa shape index (κ3) is 10.3. The first-order valence-electron chi connectivity index (χ1n) is 14.2. The molecule has 11 nitrogen and oxygen atoms in total. The quantitative estimate of drug-likeness (QED) is 0.143. The lowest BCUT2D eigenvalue weighted by Gasteiger charge is -2.32. The molecule has 0 radical (unpaired) electrons. The van der Waals surface area contributed by atoms with E-state index in [9.17, 15) is 53.9 Å². The number of pyridine rings is 1. The Hall–Kier alpha value is -4.45. The van der Waals surface area contributed by atoms with Crippen molar-refractivity contribution in [1.82, 2.24) is 20.3 Å². The summed E-state index contributed by atoms with van der Waals surface area (Å²) >= 11 is 0. The van der Waals surface area contributed by atoms with Crippen molar-refractivity contribution in [2.45, 2.75) is 64.8 Å². The van der Waals surface area contributed by atoms with Gasteiger partial charge in [-0.25, -0.2) is 26.3 Å². The molecule has 0 saturated heterocycles. The molecule has 1 aromatic heterocycles. The normalized spacial score (nSPS) is 14.3. The predicted molar refractivity (Wildman–Crippen MR) is 162 cm³/mol. The summed E-state index contributed by atoms with van der Waals surface area (Å²) in [6.07, 6.45) is -6.55. The molecular formula is C30H33F6N5O6S. The number of aryl methyl sites for hydroxylation is 1. The number of halogens is 6. The second-order valence-corrected chi connectivity index (χ2v) is 14.1. The van der Waals surface area contributed by atoms with E-state index in [1.54, 1.807) is 29.8 Å². The number of benzene rings is 2. The first-order valence-corrected chi connectivity index (χ1v) is 15.8. The molecule has 262 valence electrons. The number of primary amides is 1. The number of aromatic amines is 1. The van der Waals surface area contributed by atoms with Gasteiger partial charge in [-0.1, -0.05) is 32.4 Å². The highest BCUT2D eigenvalue weighted by atomic mass is 32.2. The Bertz CT molecular complexity index is 1890. The molecule has 0 fully saturated rings. The lowest BCUT2D eigenvalue weighted by Crippen LogP contribution is -2.60. The Labute approximate surface area is 270 Å². The summed E-state index contributed by atoms with van der Waals surface area (Å²) in [5.74, 6) is -10.5. The molecule has 0 aliphatic rings. The van der Waals surface area contributed by atoms with Crippen LogP contribution in [0.3, 0.4) is 0 Å². The predicted octanol–water partition coefficient (Wildman–Crippen LogP) is 2.39. The van der Waals surface area contributed by atoms with Crippen LogP contribution in [0, 0.1) is 29.8 Å². The van der Waals surface area contributed by atoms with E-state index in [0.29, 0.717) is 17.0 Å². The monoisotopic (exact) mass is 705 g/mol. The van der Waals surface area contributed by atoms with Gasteiger partial charge in [-0.15, -0.1) is 0 Å². The number of sulfonamides is 1. The van der Waals surface area contributed by atoms with Crippen LogP contribution in [0.4, 0.5) is 26.3 Å². The van der Waals surface area contributed by atoms with Gasteiger partial charge in [0.2, 0.25) is 27.7 Å². The summed E-state index contributed by atoms with van der Waals surface area (Å²) in [6.45, 7) is 5.68. The second-order valence-electron chi connectivity index (χ2n) is 12.3. The van der Waals surface area contributed by atoms with Crippen molar-refractivity contribution >= 4 is 38.6 Å². The molecule has 0 spiro atoms. The zero-order chi connectivity index (χ0) is 36.4. The Morgan fingerprint density at radius 3 is 2.02 bits per heavy atom. The van der Waals surface area contributed by atoms with E-state index in [-0.39, 0.29) is 11.6 Å². The number of aromatic nitrogens is 1. The SMILES string of the molecule is Cc1ccc2[nH]c(=O)c(CC(NC(=O)[C@H](Cc3cc(F)c(F)cc3F)NC(=O)[C@@H](NS(=O)(=O)CC(F)(F)F)C(C)(C)C)C(N)=O)cc2c1. The number of rotatable bonds is 12. The van der Waals surface area contributed by atoms with Gasteiger partial charge in [-0.2, -0.15) is 13.2 Å². The van der Waals surface area contributed by atoms with Gasteiger partial charge in [-0.3, -0.25) is 19.2 Å². The van der Waals surface area contributed by atoms with Gasteiger partial charge in [0.05, 0.1) is 0 Å². The van der Waals surface area contributed by atoms with Crippen LogP contribution in [0.1, 0.15) is 37.5 Å². The van der Waals surface area contributed by atoms with E-state index >= 15 is 0 Å². The summed E-state index contributed by atoms with van der Waals surface area (Å²) in [5.41, 5.74) is 4.14. The molecule has 0 saturated carbocycles. The molecular weight excluding hydrogens is 672 g/mol. The van der Waals surface area contributed by atoms with Gasteiger partial charge >= 0.3 is 6.18 Å². The lowest BCUT2D eigenvalue weighted by atomic mass is 9.86. The number of H-pyrrole nitrogens is 1. The molecule has 1 heterocycles. The third-order valence-corrected chi connectivity index (χ3v) is 8.39. The van der Waals surface area contributed by atoms with Gasteiger partial charge in [0, 0.05) is 30.0 Å². The number of hydrogen-bond donors (Lipinski definition) is 5. The second kappa shape index (κ2) is 14.3. The molecule has 18 heteroatoms. The average molecular weight is 706 g/mol. The van der Waals surface area contributed by atoms with Gasteiger partial charge in [0.15, 0.2) is 17.4 Å². The van der Waals surface area contributed by atoms with Crippen molar-refractivity contribution in [3.05, 3.63) is 80.9 Å². The zero-order valence-corrected chi connectivity index (χ0v) is 26.8. The van der Waals surface area contributed by atoms with Crippen LogP contribution in [0.2, 0.25) is 0 Å². The highest BCUT2D eigenvalue weighted by Gasteiger charge is 2.41. The third-order valence-electron chi connectivity index (χ3n) is 7.09. The van der Waals surface area contributed by atoms with Crippen LogP contribution in [-0.4, -0.2) is 61.2 Å². The standard InChI is InChI=1S/C30H33F6N5O6S/c1-14-5-6-21-16(7-14)8-17(26(43)38-21)11-22(25(37)42)39-27(44)23(10-15-9-19(32)20(33)12-18(15)31)40-28(45)24(29(2,3)4)41-48(46,47)13-30(34,35)36/h5-9,12,22-24,41H,10-11,13H2,1-4H3,(H2,37,42)(H,38,43)(H,39,44)(H,40,45)/t22?,23-,24+/m0/s1. The fourth-order valence-corrected chi connectivity index (χ4v) is 6.04. The Balaban J connectivity index is 1.98. The Kier molecular flexibility index (Phi) is 11.4. The highest BCUT2D eigenvalue weighted by molar-refractivity contribution is 7.89. The van der Waals surface area contributed by atoms with E-state index in [1.807, 2.05) is 0 Å². The first-order chi connectivity index (χ1) is 22.0. The fourth-order valence-electron chi connectivity index (χ4n) is 4.70. The molecule has 3 rings (SSSR count). The molecule has 0 bridgehead atoms. The summed E-state index contributed by atoms with van der Waals surface area (Å²) in [4.78, 5) is 54.7. The van der Waals surface area contributed by atoms with E-state index in [4.69, 9.17) is 5.73 Å². The van der Waals surface area contributed by atoms with Crippen molar-refractivity contribution in [3.63, 3.8) is 0 Å². The maximum absolute atomic E-state index is 14.6. The number of alkyl halides is 3. The van der Waals surface area contributed by atoms with Crippen LogP contribution < -0.4 is 26.6 Å². The first kappa shape index (κ1) is 38.0. The average Bonchev–Trinajstić information content (AvgIpc) is 2.92. The van der Waals surface area contributed by atoms with Crippen molar-refractivity contribution in [1.29, 1.82) is 0 Å². The number of carbonyl (C=O) groups excluding carboxylic acids is 3. The van der Waals surface area contributed by atoms with Crippen LogP contribution in [0.15, 0.2) is 41.2 Å². The summed E-state index contributed by atoms with van der Waals surface area (Å²) in [7, 11) is -5.17. The molecule has 0 aliphatic heterocycles. The van der Waals surface area contributed by atoms with Crippen molar-refractivity contribution in [2.75, 3.05) is 5.75 Å². The molecule has 2 aromatic carbocycles. The van der Waals surface area contributed by atoms with Crippen molar-refractivity contribution < 1.29 is 49.1 Å². The van der Waals surface area contributed by atoms with Gasteiger partial charge in [0.1, 0.15) is 23.9 Å². The van der Waals surface area contributed by atoms with Crippen molar-refractivity contribution in [2.24, 2.45) is 11.1 Å². The number of nitrogens with one attached hydrogen (secondary N) is 4. The Morgan fingerprint density at radius 1 is 0.854 bits per heavy atom. The van der Waals surface area contributed by atoms with E-state index < -0.39 is 105 Å². The largest absolute Gasteiger partial charge is 0.404 e. The molecule has 48 heavy (non-hydrogen) atoms. The van der Waals surface area contributed by atoms with Crippen LogP contribution >= 0.6 is 0 Å². The Morgan fingerprint density at radius 2 is 1.44 bits per heavy atom. The minimum atomic E-state index is -5.17. The summed E-state index contributed by atoms with van der Waals surface area (Å²) in [6, 6.07) is 1.64. The van der Waals surface area contributed by atoms with E-state index in [0.717, 1.165) is 5.56 Å². The van der Waals surface area contributed by atoms with Crippen LogP contribution in [0.5, 0.6) is 0 Å². The zero-order valence-electron chi connectivity index (χ0n) is 26.0. The molecule has 0 aliphatic carbocycles. The van der Waals surface area contributed by atoms with Crippen molar-refractivity contribution in [3.8, 4) is 0 Å². The topological polar surface area (TPSA) is 180 Å². The van der Waals surface area contributed by atoms with Gasteiger partial charge < -0.3 is 21.4 Å². The van der Waals surface area contributed by atoms with Gasteiger partial charge in [-0.05, 0) is 47.6 Å². The number of fused-ring (bicyclic) bond motifs is 1. The molecule has 3 aromatic rings. The van der Waals surface area contributed by atoms with Gasteiger partial charge in [0.25, 0.3) is 5.56 Å². The van der Waals surface area contributed by atoms with E-state index in [1.165, 1.54) is 26.8 Å². The van der Waals surface area contributed by atoms with Crippen LogP contribution in [-0.2, 0) is 37.2 Å². The number of carbonyl (C=O) groups is 3. The number of hydrogen-bond acceptors (Lipinski definition) is 6. The van der Waals surface area contributed by atoms with Crippen LogP contribution in [0.25, 0.3) is 10.9 Å². The number of nitrogens with two attached hydrogens (primary N) is 1. The minimum absolute atomic E-state index is 0.0105. The fraction of sp³-hybridized carbons (Fsp3) is 0.400.